The molecule has 19 heavy (non-hydrogen) atoms. The Morgan fingerprint density at radius 3 is 2.68 bits per heavy atom. The van der Waals surface area contributed by atoms with Crippen LogP contribution in [0.25, 0.3) is 0 Å². The molecule has 1 aliphatic rings. The van der Waals surface area contributed by atoms with Gasteiger partial charge in [0.1, 0.15) is 16.8 Å². The van der Waals surface area contributed by atoms with Gasteiger partial charge in [-0.2, -0.15) is 0 Å². The molecule has 0 aromatic carbocycles. The van der Waals surface area contributed by atoms with Crippen LogP contribution in [0.3, 0.4) is 0 Å². The van der Waals surface area contributed by atoms with Crippen LogP contribution in [0.5, 0.6) is 0 Å². The first-order chi connectivity index (χ1) is 8.84. The largest absolute Gasteiger partial charge is 0.361 e. The van der Waals surface area contributed by atoms with Crippen molar-refractivity contribution in [3.8, 4) is 0 Å². The molecule has 2 N–H and O–H groups in total. The van der Waals surface area contributed by atoms with E-state index >= 15 is 0 Å². The minimum atomic E-state index is -0.183. The van der Waals surface area contributed by atoms with Gasteiger partial charge in [-0.15, -0.1) is 0 Å². The van der Waals surface area contributed by atoms with Crippen LogP contribution in [0.15, 0.2) is 6.07 Å². The van der Waals surface area contributed by atoms with Crippen molar-refractivity contribution in [2.24, 2.45) is 0 Å². The number of anilines is 1. The molecule has 5 nitrogen and oxygen atoms in total. The first-order valence-corrected chi connectivity index (χ1v) is 6.81. The van der Waals surface area contributed by atoms with E-state index in [-0.39, 0.29) is 17.9 Å². The SMILES string of the molecule is CC(C)(C)c1nc(Cl)cc(NCC(=O)NC2CC2)n1. The van der Waals surface area contributed by atoms with Crippen molar-refractivity contribution in [2.45, 2.75) is 45.1 Å². The summed E-state index contributed by atoms with van der Waals surface area (Å²) in [6, 6.07) is 2.00. The lowest BCUT2D eigenvalue weighted by Gasteiger charge is -2.17. The summed E-state index contributed by atoms with van der Waals surface area (Å²) in [4.78, 5) is 20.2. The van der Waals surface area contributed by atoms with Crippen LogP contribution in [-0.4, -0.2) is 28.5 Å². The third-order valence-electron chi connectivity index (χ3n) is 2.74. The number of halogens is 1. The number of rotatable bonds is 4. The highest BCUT2D eigenvalue weighted by molar-refractivity contribution is 6.29. The van der Waals surface area contributed by atoms with Gasteiger partial charge < -0.3 is 10.6 Å². The van der Waals surface area contributed by atoms with Gasteiger partial charge in [0.2, 0.25) is 5.91 Å². The topological polar surface area (TPSA) is 66.9 Å². The number of carbonyl (C=O) groups excluding carboxylic acids is 1. The molecule has 0 spiro atoms. The quantitative estimate of drug-likeness (QED) is 0.830. The maximum atomic E-state index is 11.6. The third kappa shape index (κ3) is 4.35. The predicted octanol–water partition coefficient (Wildman–Crippen LogP) is 2.12. The first kappa shape index (κ1) is 14.1. The van der Waals surface area contributed by atoms with Crippen molar-refractivity contribution in [1.82, 2.24) is 15.3 Å². The van der Waals surface area contributed by atoms with Crippen LogP contribution in [0.1, 0.15) is 39.4 Å². The predicted molar refractivity (Wildman–Crippen MR) is 75.4 cm³/mol. The molecule has 0 atom stereocenters. The van der Waals surface area contributed by atoms with E-state index in [1.807, 2.05) is 20.8 Å². The molecule has 0 unspecified atom stereocenters. The molecular formula is C13H19ClN4O. The summed E-state index contributed by atoms with van der Waals surface area (Å²) in [5.74, 6) is 1.22. The van der Waals surface area contributed by atoms with Gasteiger partial charge in [-0.1, -0.05) is 32.4 Å². The summed E-state index contributed by atoms with van der Waals surface area (Å²) in [6.45, 7) is 6.25. The molecule has 1 saturated carbocycles. The molecule has 1 heterocycles. The first-order valence-electron chi connectivity index (χ1n) is 6.43. The van der Waals surface area contributed by atoms with Crippen molar-refractivity contribution in [2.75, 3.05) is 11.9 Å². The molecule has 1 amide bonds. The van der Waals surface area contributed by atoms with E-state index in [0.29, 0.717) is 22.8 Å². The minimum absolute atomic E-state index is 0.0189. The van der Waals surface area contributed by atoms with Gasteiger partial charge in [0.05, 0.1) is 6.54 Å². The smallest absolute Gasteiger partial charge is 0.239 e. The molecule has 104 valence electrons. The fraction of sp³-hybridized carbons (Fsp3) is 0.615. The van der Waals surface area contributed by atoms with Gasteiger partial charge >= 0.3 is 0 Å². The number of nitrogens with zero attached hydrogens (tertiary/aromatic N) is 2. The van der Waals surface area contributed by atoms with Crippen molar-refractivity contribution < 1.29 is 4.79 Å². The third-order valence-corrected chi connectivity index (χ3v) is 2.93. The summed E-state index contributed by atoms with van der Waals surface area (Å²) >= 11 is 5.97. The summed E-state index contributed by atoms with van der Waals surface area (Å²) in [6.07, 6.45) is 2.17. The zero-order valence-corrected chi connectivity index (χ0v) is 12.2. The van der Waals surface area contributed by atoms with Crippen LogP contribution >= 0.6 is 11.6 Å². The maximum absolute atomic E-state index is 11.6. The van der Waals surface area contributed by atoms with Crippen molar-refractivity contribution in [1.29, 1.82) is 0 Å². The summed E-state index contributed by atoms with van der Waals surface area (Å²) in [5, 5.41) is 6.27. The Labute approximate surface area is 118 Å². The molecule has 0 bridgehead atoms. The zero-order valence-electron chi connectivity index (χ0n) is 11.5. The zero-order chi connectivity index (χ0) is 14.0. The van der Waals surface area contributed by atoms with Crippen LogP contribution in [-0.2, 0) is 10.2 Å². The Kier molecular flexibility index (Phi) is 3.94. The standard InChI is InChI=1S/C13H19ClN4O/c1-13(2,3)12-17-9(14)6-10(18-12)15-7-11(19)16-8-4-5-8/h6,8H,4-5,7H2,1-3H3,(H,16,19)(H,15,17,18). The molecule has 0 radical (unpaired) electrons. The molecule has 6 heteroatoms. The monoisotopic (exact) mass is 282 g/mol. The summed E-state index contributed by atoms with van der Waals surface area (Å²) < 4.78 is 0. The average molecular weight is 283 g/mol. The van der Waals surface area contributed by atoms with Gasteiger partial charge in [-0.3, -0.25) is 4.79 Å². The Bertz CT molecular complexity index is 480. The van der Waals surface area contributed by atoms with Crippen LogP contribution < -0.4 is 10.6 Å². The molecule has 1 aliphatic carbocycles. The number of carbonyl (C=O) groups is 1. The second-order valence-electron chi connectivity index (χ2n) is 5.84. The lowest BCUT2D eigenvalue weighted by Crippen LogP contribution is -2.31. The number of nitrogens with one attached hydrogen (secondary N) is 2. The van der Waals surface area contributed by atoms with Gasteiger partial charge in [0, 0.05) is 17.5 Å². The van der Waals surface area contributed by atoms with Gasteiger partial charge in [-0.05, 0) is 12.8 Å². The van der Waals surface area contributed by atoms with Crippen molar-refractivity contribution in [3.63, 3.8) is 0 Å². The number of aromatic nitrogens is 2. The number of hydrogen-bond donors (Lipinski definition) is 2. The van der Waals surface area contributed by atoms with E-state index in [4.69, 9.17) is 11.6 Å². The Hall–Kier alpha value is -1.36. The highest BCUT2D eigenvalue weighted by atomic mass is 35.5. The lowest BCUT2D eigenvalue weighted by molar-refractivity contribution is -0.119. The molecule has 1 aromatic heterocycles. The van der Waals surface area contributed by atoms with Crippen LogP contribution in [0.4, 0.5) is 5.82 Å². The molecule has 1 aromatic rings. The fourth-order valence-corrected chi connectivity index (χ4v) is 1.70. The molecule has 0 saturated heterocycles. The average Bonchev–Trinajstić information content (AvgIpc) is 3.08. The van der Waals surface area contributed by atoms with Crippen LogP contribution in [0.2, 0.25) is 5.15 Å². The molecular weight excluding hydrogens is 264 g/mol. The Morgan fingerprint density at radius 1 is 1.42 bits per heavy atom. The highest BCUT2D eigenvalue weighted by Crippen LogP contribution is 2.22. The number of amides is 1. The normalized spacial score (nSPS) is 15.2. The lowest BCUT2D eigenvalue weighted by atomic mass is 9.96. The van der Waals surface area contributed by atoms with E-state index in [1.54, 1.807) is 6.07 Å². The Morgan fingerprint density at radius 2 is 2.11 bits per heavy atom. The van der Waals surface area contributed by atoms with Gasteiger partial charge in [-0.25, -0.2) is 9.97 Å². The van der Waals surface area contributed by atoms with E-state index in [0.717, 1.165) is 12.8 Å². The minimum Gasteiger partial charge on any atom is -0.361 e. The van der Waals surface area contributed by atoms with E-state index in [9.17, 15) is 4.79 Å². The van der Waals surface area contributed by atoms with E-state index in [1.165, 1.54) is 0 Å². The summed E-state index contributed by atoms with van der Waals surface area (Å²) in [7, 11) is 0. The fourth-order valence-electron chi connectivity index (χ4n) is 1.52. The van der Waals surface area contributed by atoms with Crippen molar-refractivity contribution >= 4 is 23.3 Å². The second kappa shape index (κ2) is 5.33. The molecule has 1 fully saturated rings. The van der Waals surface area contributed by atoms with E-state index in [2.05, 4.69) is 20.6 Å². The molecule has 0 aliphatic heterocycles. The van der Waals surface area contributed by atoms with Crippen LogP contribution in [0, 0.1) is 0 Å². The van der Waals surface area contributed by atoms with Gasteiger partial charge in [0.25, 0.3) is 0 Å². The van der Waals surface area contributed by atoms with Crippen molar-refractivity contribution in [3.05, 3.63) is 17.0 Å². The Balaban J connectivity index is 1.99. The van der Waals surface area contributed by atoms with Gasteiger partial charge in [0.15, 0.2) is 0 Å². The van der Waals surface area contributed by atoms with E-state index < -0.39 is 0 Å². The second-order valence-corrected chi connectivity index (χ2v) is 6.23. The molecule has 2 rings (SSSR count). The number of hydrogen-bond acceptors (Lipinski definition) is 4. The summed E-state index contributed by atoms with van der Waals surface area (Å²) in [5.41, 5.74) is -0.183. The highest BCUT2D eigenvalue weighted by Gasteiger charge is 2.23. The maximum Gasteiger partial charge on any atom is 0.239 e.